The van der Waals surface area contributed by atoms with Crippen molar-refractivity contribution in [1.82, 2.24) is 10.6 Å². The first-order valence-electron chi connectivity index (χ1n) is 7.04. The van der Waals surface area contributed by atoms with Crippen LogP contribution in [-0.4, -0.2) is 31.2 Å². The van der Waals surface area contributed by atoms with Crippen LogP contribution in [0.25, 0.3) is 0 Å². The third-order valence-electron chi connectivity index (χ3n) is 4.25. The summed E-state index contributed by atoms with van der Waals surface area (Å²) in [6.07, 6.45) is -1.26. The molecule has 0 radical (unpaired) electrons. The fraction of sp³-hybridized carbons (Fsp3) is 0.923. The average molecular weight is 315 g/mol. The summed E-state index contributed by atoms with van der Waals surface area (Å²) in [6, 6.07) is -0.0685. The van der Waals surface area contributed by atoms with E-state index in [1.807, 2.05) is 0 Å². The number of alkyl halides is 3. The van der Waals surface area contributed by atoms with Gasteiger partial charge < -0.3 is 10.6 Å². The van der Waals surface area contributed by atoms with Gasteiger partial charge in [0.25, 0.3) is 0 Å². The zero-order chi connectivity index (χ0) is 13.9. The van der Waals surface area contributed by atoms with Crippen molar-refractivity contribution in [1.29, 1.82) is 0 Å². The molecule has 0 aromatic heterocycles. The van der Waals surface area contributed by atoms with Crippen LogP contribution in [0, 0.1) is 11.8 Å². The van der Waals surface area contributed by atoms with Gasteiger partial charge in [-0.1, -0.05) is 0 Å². The molecule has 118 valence electrons. The summed E-state index contributed by atoms with van der Waals surface area (Å²) in [5.74, 6) is -1.13. The number of nitrogens with one attached hydrogen (secondary N) is 2. The fourth-order valence-corrected chi connectivity index (χ4v) is 2.97. The molecule has 0 bridgehead atoms. The highest BCUT2D eigenvalue weighted by molar-refractivity contribution is 5.85. The van der Waals surface area contributed by atoms with Gasteiger partial charge in [-0.25, -0.2) is 0 Å². The number of carbonyl (C=O) groups is 1. The molecule has 20 heavy (non-hydrogen) atoms. The van der Waals surface area contributed by atoms with E-state index in [4.69, 9.17) is 0 Å². The Balaban J connectivity index is 0.00000200. The minimum Gasteiger partial charge on any atom is -0.353 e. The summed E-state index contributed by atoms with van der Waals surface area (Å²) in [5.41, 5.74) is 0. The molecule has 2 N–H and O–H groups in total. The van der Waals surface area contributed by atoms with Crippen LogP contribution in [0.2, 0.25) is 0 Å². The third-order valence-corrected chi connectivity index (χ3v) is 4.25. The minimum absolute atomic E-state index is 0. The summed E-state index contributed by atoms with van der Waals surface area (Å²) in [4.78, 5) is 12.0. The second-order valence-electron chi connectivity index (χ2n) is 5.62. The molecule has 0 atom stereocenters. The molecule has 0 aromatic carbocycles. The Morgan fingerprint density at radius 3 is 2.05 bits per heavy atom. The summed E-state index contributed by atoms with van der Waals surface area (Å²) in [6.45, 7) is 1.69. The second kappa shape index (κ2) is 7.50. The van der Waals surface area contributed by atoms with E-state index in [9.17, 15) is 18.0 Å². The van der Waals surface area contributed by atoms with Crippen molar-refractivity contribution in [3.8, 4) is 0 Å². The molecule has 0 spiro atoms. The molecule has 1 amide bonds. The lowest BCUT2D eigenvalue weighted by Crippen LogP contribution is -2.44. The van der Waals surface area contributed by atoms with Gasteiger partial charge in [0.1, 0.15) is 0 Å². The molecule has 2 rings (SSSR count). The molecule has 7 heteroatoms. The first kappa shape index (κ1) is 17.6. The molecule has 3 nitrogen and oxygen atoms in total. The van der Waals surface area contributed by atoms with Crippen LogP contribution in [0.4, 0.5) is 13.2 Å². The monoisotopic (exact) mass is 314 g/mol. The maximum Gasteiger partial charge on any atom is 0.391 e. The maximum atomic E-state index is 12.5. The molecule has 1 heterocycles. The fourth-order valence-electron chi connectivity index (χ4n) is 2.97. The van der Waals surface area contributed by atoms with Gasteiger partial charge in [0.2, 0.25) is 5.91 Å². The number of piperidine rings is 1. The summed E-state index contributed by atoms with van der Waals surface area (Å²) < 4.78 is 37.6. The van der Waals surface area contributed by atoms with Gasteiger partial charge >= 0.3 is 6.18 Å². The van der Waals surface area contributed by atoms with E-state index in [-0.39, 0.29) is 43.1 Å². The molecule has 0 aromatic rings. The van der Waals surface area contributed by atoms with Gasteiger partial charge in [0.15, 0.2) is 0 Å². The predicted molar refractivity (Wildman–Crippen MR) is 72.8 cm³/mol. The molecule has 1 saturated carbocycles. The Bertz CT molecular complexity index is 311. The molecule has 2 aliphatic rings. The van der Waals surface area contributed by atoms with Crippen LogP contribution in [0.3, 0.4) is 0 Å². The van der Waals surface area contributed by atoms with Gasteiger partial charge in [-0.15, -0.1) is 12.4 Å². The Labute approximate surface area is 123 Å². The first-order valence-corrected chi connectivity index (χ1v) is 7.04. The Kier molecular flexibility index (Phi) is 6.58. The van der Waals surface area contributed by atoms with Crippen molar-refractivity contribution in [3.05, 3.63) is 0 Å². The topological polar surface area (TPSA) is 41.1 Å². The number of carbonyl (C=O) groups excluding carboxylic acids is 1. The van der Waals surface area contributed by atoms with E-state index in [2.05, 4.69) is 10.6 Å². The highest BCUT2D eigenvalue weighted by atomic mass is 35.5. The van der Waals surface area contributed by atoms with Gasteiger partial charge in [0.05, 0.1) is 5.92 Å². The Hall–Kier alpha value is -0.490. The lowest BCUT2D eigenvalue weighted by molar-refractivity contribution is -0.182. The zero-order valence-electron chi connectivity index (χ0n) is 11.3. The molecule has 1 saturated heterocycles. The Morgan fingerprint density at radius 2 is 1.55 bits per heavy atom. The van der Waals surface area contributed by atoms with Gasteiger partial charge in [-0.05, 0) is 51.6 Å². The normalized spacial score (nSPS) is 28.6. The first-order chi connectivity index (χ1) is 8.97. The summed E-state index contributed by atoms with van der Waals surface area (Å²) in [5, 5.41) is 6.12. The van der Waals surface area contributed by atoms with Crippen LogP contribution >= 0.6 is 12.4 Å². The molecule has 1 aliphatic heterocycles. The quantitative estimate of drug-likeness (QED) is 0.822. The van der Waals surface area contributed by atoms with Crippen molar-refractivity contribution in [2.45, 2.75) is 50.7 Å². The van der Waals surface area contributed by atoms with E-state index in [0.717, 1.165) is 25.9 Å². The van der Waals surface area contributed by atoms with Crippen molar-refractivity contribution in [2.24, 2.45) is 11.8 Å². The number of halogens is 4. The van der Waals surface area contributed by atoms with Gasteiger partial charge in [0, 0.05) is 12.0 Å². The minimum atomic E-state index is -4.08. The number of rotatable bonds is 2. The Morgan fingerprint density at radius 1 is 1.00 bits per heavy atom. The zero-order valence-corrected chi connectivity index (χ0v) is 12.2. The van der Waals surface area contributed by atoms with Gasteiger partial charge in [-0.3, -0.25) is 4.79 Å². The largest absolute Gasteiger partial charge is 0.391 e. The highest BCUT2D eigenvalue weighted by Crippen LogP contribution is 2.37. The second-order valence-corrected chi connectivity index (χ2v) is 5.62. The van der Waals surface area contributed by atoms with E-state index >= 15 is 0 Å². The lowest BCUT2D eigenvalue weighted by Gasteiger charge is -2.31. The van der Waals surface area contributed by atoms with E-state index in [1.165, 1.54) is 0 Å². The predicted octanol–water partition coefficient (Wildman–Crippen LogP) is 2.65. The van der Waals surface area contributed by atoms with Crippen molar-refractivity contribution in [2.75, 3.05) is 13.1 Å². The third kappa shape index (κ3) is 4.81. The average Bonchev–Trinajstić information content (AvgIpc) is 2.39. The van der Waals surface area contributed by atoms with E-state index in [1.54, 1.807) is 0 Å². The van der Waals surface area contributed by atoms with Crippen molar-refractivity contribution < 1.29 is 18.0 Å². The van der Waals surface area contributed by atoms with Crippen LogP contribution in [0.1, 0.15) is 38.5 Å². The molecule has 1 aliphatic carbocycles. The van der Waals surface area contributed by atoms with Crippen LogP contribution < -0.4 is 10.6 Å². The van der Waals surface area contributed by atoms with Crippen LogP contribution in [-0.2, 0) is 4.79 Å². The van der Waals surface area contributed by atoms with Crippen LogP contribution in [0.5, 0.6) is 0 Å². The van der Waals surface area contributed by atoms with Crippen LogP contribution in [0.15, 0.2) is 0 Å². The molecular weight excluding hydrogens is 293 g/mol. The van der Waals surface area contributed by atoms with Crippen molar-refractivity contribution in [3.63, 3.8) is 0 Å². The smallest absolute Gasteiger partial charge is 0.353 e. The van der Waals surface area contributed by atoms with E-state index < -0.39 is 12.1 Å². The van der Waals surface area contributed by atoms with Crippen molar-refractivity contribution >= 4 is 18.3 Å². The highest BCUT2D eigenvalue weighted by Gasteiger charge is 2.41. The maximum absolute atomic E-state index is 12.5. The number of amides is 1. The SMILES string of the molecule is Cl.O=C(NC1CCC(C(F)(F)F)CC1)C1CCNCC1. The summed E-state index contributed by atoms with van der Waals surface area (Å²) in [7, 11) is 0. The molecule has 0 unspecified atom stereocenters. The standard InChI is InChI=1S/C13H21F3N2O.ClH/c14-13(15,16)10-1-3-11(4-2-10)18-12(19)9-5-7-17-8-6-9;/h9-11,17H,1-8H2,(H,18,19);1H. The number of hydrogen-bond donors (Lipinski definition) is 2. The molecular formula is C13H22ClF3N2O. The van der Waals surface area contributed by atoms with Gasteiger partial charge in [-0.2, -0.15) is 13.2 Å². The number of hydrogen-bond acceptors (Lipinski definition) is 2. The molecule has 2 fully saturated rings. The summed E-state index contributed by atoms with van der Waals surface area (Å²) >= 11 is 0. The van der Waals surface area contributed by atoms with E-state index in [0.29, 0.717) is 12.8 Å². The lowest BCUT2D eigenvalue weighted by atomic mass is 9.85.